The Morgan fingerprint density at radius 3 is 1.98 bits per heavy atom. The smallest absolute Gasteiger partial charge is 0.305 e. The molecule has 1 heterocycles. The maximum Gasteiger partial charge on any atom is 0.305 e. The number of carboxylic acid groups (broad SMARTS) is 2. The summed E-state index contributed by atoms with van der Waals surface area (Å²) >= 11 is 4.11. The van der Waals surface area contributed by atoms with E-state index in [2.05, 4.69) is 44.2 Å². The maximum atomic E-state index is 13.5. The van der Waals surface area contributed by atoms with Crippen molar-refractivity contribution in [3.8, 4) is 0 Å². The first-order valence-electron chi connectivity index (χ1n) is 15.8. The zero-order valence-corrected chi connectivity index (χ0v) is 29.9. The quantitative estimate of drug-likeness (QED) is 0.0259. The highest BCUT2D eigenvalue weighted by molar-refractivity contribution is 7.80. The van der Waals surface area contributed by atoms with E-state index < -0.39 is 102 Å². The number of aliphatic carboxylic acids is 2. The molecule has 1 aliphatic rings. The lowest BCUT2D eigenvalue weighted by Gasteiger charge is -2.31. The molecule has 1 rings (SSSR count). The topological polar surface area (TPSA) is 348 Å². The average molecular weight is 747 g/mol. The van der Waals surface area contributed by atoms with Crippen LogP contribution in [0.25, 0.3) is 0 Å². The number of likely N-dealkylation sites (tertiary alicyclic amines) is 1. The molecular weight excluding hydrogens is 696 g/mol. The summed E-state index contributed by atoms with van der Waals surface area (Å²) in [6, 6.07) is -5.77. The average Bonchev–Trinajstić information content (AvgIpc) is 3.51. The lowest BCUT2D eigenvalue weighted by molar-refractivity contribution is -0.144. The van der Waals surface area contributed by atoms with Crippen LogP contribution in [0, 0.1) is 5.92 Å². The van der Waals surface area contributed by atoms with Crippen LogP contribution in [0.4, 0.5) is 0 Å². The number of rotatable bonds is 19. The fourth-order valence-electron chi connectivity index (χ4n) is 4.66. The van der Waals surface area contributed by atoms with Crippen LogP contribution in [0.1, 0.15) is 59.8 Å². The van der Waals surface area contributed by atoms with E-state index in [0.29, 0.717) is 12.8 Å². The van der Waals surface area contributed by atoms with Crippen molar-refractivity contribution in [2.24, 2.45) is 28.1 Å². The van der Waals surface area contributed by atoms with Gasteiger partial charge < -0.3 is 58.9 Å². The van der Waals surface area contributed by atoms with Gasteiger partial charge in [-0.2, -0.15) is 12.6 Å². The van der Waals surface area contributed by atoms with E-state index in [0.717, 1.165) is 6.92 Å². The number of nitrogens with one attached hydrogen (secondary N) is 5. The predicted octanol–water partition coefficient (Wildman–Crippen LogP) is -4.26. The molecular formula is C29H50N10O11S. The zero-order chi connectivity index (χ0) is 39.4. The van der Waals surface area contributed by atoms with Crippen molar-refractivity contribution < 1.29 is 53.4 Å². The van der Waals surface area contributed by atoms with Crippen molar-refractivity contribution in [2.45, 2.75) is 90.0 Å². The minimum atomic E-state index is -1.47. The number of thiol groups is 1. The van der Waals surface area contributed by atoms with E-state index in [4.69, 9.17) is 32.2 Å². The third-order valence-corrected chi connectivity index (χ3v) is 7.37. The van der Waals surface area contributed by atoms with Gasteiger partial charge in [-0.3, -0.25) is 48.1 Å². The van der Waals surface area contributed by atoms with Gasteiger partial charge in [-0.25, -0.2) is 0 Å². The molecule has 1 fully saturated rings. The van der Waals surface area contributed by atoms with E-state index in [1.165, 1.54) is 11.8 Å². The lowest BCUT2D eigenvalue weighted by atomic mass is 10.0. The molecule has 0 aliphatic carbocycles. The number of aliphatic imine (C=N–C) groups is 1. The summed E-state index contributed by atoms with van der Waals surface area (Å²) in [5, 5.41) is 28.6. The highest BCUT2D eigenvalue weighted by Crippen LogP contribution is 2.21. The first-order valence-corrected chi connectivity index (χ1v) is 16.5. The van der Waals surface area contributed by atoms with Crippen LogP contribution in [0.5, 0.6) is 0 Å². The molecule has 1 saturated heterocycles. The van der Waals surface area contributed by atoms with Gasteiger partial charge in [0.1, 0.15) is 30.2 Å². The van der Waals surface area contributed by atoms with Crippen LogP contribution in [0.15, 0.2) is 4.99 Å². The highest BCUT2D eigenvalue weighted by atomic mass is 32.1. The van der Waals surface area contributed by atoms with Crippen LogP contribution < -0.4 is 43.8 Å². The number of amides is 7. The zero-order valence-electron chi connectivity index (χ0n) is 29.0. The molecule has 288 valence electrons. The second-order valence-electron chi connectivity index (χ2n) is 11.7. The van der Waals surface area contributed by atoms with Gasteiger partial charge >= 0.3 is 5.97 Å². The second kappa shape index (κ2) is 23.3. The molecule has 5 atom stereocenters. The third-order valence-electron chi connectivity index (χ3n) is 7.00. The maximum absolute atomic E-state index is 13.5. The van der Waals surface area contributed by atoms with Crippen LogP contribution in [0.2, 0.25) is 0 Å². The Balaban J connectivity index is 0.00000591. The molecule has 1 aliphatic heterocycles. The van der Waals surface area contributed by atoms with Gasteiger partial charge in [0.05, 0.1) is 13.0 Å². The summed E-state index contributed by atoms with van der Waals surface area (Å²) in [6.07, 6.45) is 0.469. The molecule has 0 aromatic rings. The molecule has 51 heavy (non-hydrogen) atoms. The number of carboxylic acids is 2. The number of nitrogens with two attached hydrogens (primary N) is 3. The van der Waals surface area contributed by atoms with Crippen molar-refractivity contribution in [3.05, 3.63) is 0 Å². The van der Waals surface area contributed by atoms with Crippen molar-refractivity contribution in [1.82, 2.24) is 31.5 Å². The van der Waals surface area contributed by atoms with Gasteiger partial charge in [0.15, 0.2) is 5.96 Å². The summed E-state index contributed by atoms with van der Waals surface area (Å²) in [5.41, 5.74) is 15.8. The Labute approximate surface area is 300 Å². The predicted molar refractivity (Wildman–Crippen MR) is 185 cm³/mol. The summed E-state index contributed by atoms with van der Waals surface area (Å²) in [5.74, 6) is -7.90. The van der Waals surface area contributed by atoms with Crippen LogP contribution in [0.3, 0.4) is 0 Å². The molecule has 0 unspecified atom stereocenters. The molecule has 7 amide bonds. The van der Waals surface area contributed by atoms with Crippen LogP contribution in [-0.2, 0) is 43.2 Å². The van der Waals surface area contributed by atoms with Gasteiger partial charge in [-0.1, -0.05) is 13.8 Å². The van der Waals surface area contributed by atoms with Gasteiger partial charge in [0.25, 0.3) is 5.97 Å². The fraction of sp³-hybridized carbons (Fsp3) is 0.655. The third kappa shape index (κ3) is 18.4. The van der Waals surface area contributed by atoms with Gasteiger partial charge in [-0.05, 0) is 31.6 Å². The Hall–Kier alpha value is -5.15. The van der Waals surface area contributed by atoms with Gasteiger partial charge in [0, 0.05) is 32.7 Å². The number of nitrogens with zero attached hydrogens (tertiary/aromatic N) is 2. The van der Waals surface area contributed by atoms with Crippen molar-refractivity contribution >= 4 is 71.9 Å². The largest absolute Gasteiger partial charge is 0.481 e. The molecule has 0 bridgehead atoms. The van der Waals surface area contributed by atoms with E-state index in [1.807, 2.05) is 0 Å². The van der Waals surface area contributed by atoms with E-state index in [-0.39, 0.29) is 37.6 Å². The van der Waals surface area contributed by atoms with E-state index in [1.54, 1.807) is 13.8 Å². The van der Waals surface area contributed by atoms with Crippen LogP contribution >= 0.6 is 12.6 Å². The molecule has 0 saturated carbocycles. The molecule has 13 N–H and O–H groups in total. The molecule has 0 spiro atoms. The normalized spacial score (nSPS) is 15.7. The van der Waals surface area contributed by atoms with Crippen molar-refractivity contribution in [3.63, 3.8) is 0 Å². The second-order valence-corrected chi connectivity index (χ2v) is 12.1. The minimum Gasteiger partial charge on any atom is -0.481 e. The van der Waals surface area contributed by atoms with Gasteiger partial charge in [-0.15, -0.1) is 0 Å². The SMILES string of the molecule is CC(=O)N[C@@H](CCCN=C(N)N)C(=O)N[C@@H](CS)C(=O)NCC(=O)N[C@H](C(=O)N1CCC[C@H]1C(=O)N[C@@H](CC(=O)O)C(N)=O)C(C)C.CC(=O)O. The van der Waals surface area contributed by atoms with Crippen molar-refractivity contribution in [2.75, 3.05) is 25.4 Å². The number of hydrogen-bond donors (Lipinski definition) is 11. The summed E-state index contributed by atoms with van der Waals surface area (Å²) in [4.78, 5) is 113. The summed E-state index contributed by atoms with van der Waals surface area (Å²) in [7, 11) is 0. The number of carbonyl (C=O) groups is 9. The Kier molecular flexibility index (Phi) is 20.9. The number of carbonyl (C=O) groups excluding carboxylic acids is 7. The number of hydrogen-bond acceptors (Lipinski definition) is 11. The van der Waals surface area contributed by atoms with E-state index >= 15 is 0 Å². The lowest BCUT2D eigenvalue weighted by Crippen LogP contribution is -2.58. The minimum absolute atomic E-state index is 0.122. The Morgan fingerprint density at radius 2 is 1.49 bits per heavy atom. The number of primary amides is 1. The molecule has 0 aromatic heterocycles. The van der Waals surface area contributed by atoms with Gasteiger partial charge in [0.2, 0.25) is 41.4 Å². The number of guanidine groups is 1. The Bertz CT molecular complexity index is 1310. The fourth-order valence-corrected chi connectivity index (χ4v) is 4.92. The standard InChI is InChI=1S/C27H46N10O9S.C2H4O2/c1-13(2)21(26(46)37-9-5-7-18(37)25(45)34-16(22(28)42)10-20(40)41)36-19(39)11-32-23(43)17(12-47)35-24(44)15(33-14(3)38)6-4-8-31-27(29)30;1-2(3)4/h13,15-18,21,47H,4-12H2,1-3H3,(H2,28,42)(H,32,43)(H,33,38)(H,34,45)(H,35,44)(H,36,39)(H,40,41)(H4,29,30,31);1H3,(H,3,4)/t15-,16-,17-,18-,21-;/m0./s1. The van der Waals surface area contributed by atoms with Crippen LogP contribution in [-0.4, -0.2) is 130 Å². The Morgan fingerprint density at radius 1 is 0.882 bits per heavy atom. The highest BCUT2D eigenvalue weighted by Gasteiger charge is 2.40. The first kappa shape index (κ1) is 45.9. The van der Waals surface area contributed by atoms with Crippen molar-refractivity contribution in [1.29, 1.82) is 0 Å². The molecule has 0 aromatic carbocycles. The molecule has 22 heteroatoms. The summed E-state index contributed by atoms with van der Waals surface area (Å²) < 4.78 is 0. The summed E-state index contributed by atoms with van der Waals surface area (Å²) in [6.45, 7) is 5.46. The van der Waals surface area contributed by atoms with E-state index in [9.17, 15) is 38.4 Å². The molecule has 21 nitrogen and oxygen atoms in total. The molecule has 0 radical (unpaired) electrons. The first-order chi connectivity index (χ1) is 23.7. The monoisotopic (exact) mass is 746 g/mol.